The second-order valence-electron chi connectivity index (χ2n) is 5.39. The van der Waals surface area contributed by atoms with Crippen molar-refractivity contribution in [2.24, 2.45) is 5.92 Å². The Hall–Kier alpha value is -1.66. The lowest BCUT2D eigenvalue weighted by Gasteiger charge is -2.26. The highest BCUT2D eigenvalue weighted by Gasteiger charge is 2.17. The molecular formula is C14H20N4O2. The summed E-state index contributed by atoms with van der Waals surface area (Å²) in [5.74, 6) is 2.39. The molecule has 0 amide bonds. The summed E-state index contributed by atoms with van der Waals surface area (Å²) in [5, 5.41) is 11.5. The van der Waals surface area contributed by atoms with E-state index in [9.17, 15) is 0 Å². The first-order valence-electron chi connectivity index (χ1n) is 7.07. The molecule has 3 rings (SSSR count). The van der Waals surface area contributed by atoms with E-state index >= 15 is 0 Å². The Bertz CT molecular complexity index is 517. The van der Waals surface area contributed by atoms with Gasteiger partial charge in [-0.1, -0.05) is 0 Å². The van der Waals surface area contributed by atoms with E-state index in [1.54, 1.807) is 12.3 Å². The number of aromatic nitrogens is 2. The molecule has 3 heterocycles. The third kappa shape index (κ3) is 3.26. The summed E-state index contributed by atoms with van der Waals surface area (Å²) in [6.45, 7) is 3.97. The maximum Gasteiger partial charge on any atom is 0.283 e. The molecule has 2 aromatic rings. The maximum atomic E-state index is 5.61. The van der Waals surface area contributed by atoms with Crippen LogP contribution in [0, 0.1) is 5.92 Å². The minimum atomic E-state index is 0.442. The van der Waals surface area contributed by atoms with Crippen LogP contribution in [0.1, 0.15) is 18.7 Å². The average molecular weight is 276 g/mol. The molecule has 2 aromatic heterocycles. The van der Waals surface area contributed by atoms with Crippen LogP contribution < -0.4 is 5.32 Å². The first-order valence-corrected chi connectivity index (χ1v) is 7.07. The molecule has 0 spiro atoms. The largest absolute Gasteiger partial charge is 0.459 e. The molecular weight excluding hydrogens is 256 g/mol. The second-order valence-corrected chi connectivity index (χ2v) is 5.39. The molecule has 0 aromatic carbocycles. The molecule has 0 radical (unpaired) electrons. The first kappa shape index (κ1) is 13.3. The van der Waals surface area contributed by atoms with Gasteiger partial charge in [0, 0.05) is 6.54 Å². The predicted octanol–water partition coefficient (Wildman–Crippen LogP) is 1.76. The van der Waals surface area contributed by atoms with Gasteiger partial charge in [0.25, 0.3) is 5.89 Å². The van der Waals surface area contributed by atoms with Gasteiger partial charge in [0.2, 0.25) is 5.89 Å². The lowest BCUT2D eigenvalue weighted by Crippen LogP contribution is -2.36. The van der Waals surface area contributed by atoms with Gasteiger partial charge in [-0.25, -0.2) is 0 Å². The van der Waals surface area contributed by atoms with E-state index in [-0.39, 0.29) is 0 Å². The summed E-state index contributed by atoms with van der Waals surface area (Å²) < 4.78 is 10.9. The molecule has 6 nitrogen and oxygen atoms in total. The highest BCUT2D eigenvalue weighted by Crippen LogP contribution is 2.19. The third-order valence-electron chi connectivity index (χ3n) is 3.57. The van der Waals surface area contributed by atoms with Crippen molar-refractivity contribution in [2.75, 3.05) is 26.7 Å². The molecule has 108 valence electrons. The zero-order chi connectivity index (χ0) is 13.8. The first-order chi connectivity index (χ1) is 9.81. The molecule has 1 aliphatic heterocycles. The van der Waals surface area contributed by atoms with Crippen LogP contribution in [-0.2, 0) is 6.54 Å². The Labute approximate surface area is 118 Å². The van der Waals surface area contributed by atoms with Gasteiger partial charge in [0.05, 0.1) is 12.8 Å². The van der Waals surface area contributed by atoms with Crippen LogP contribution in [0.25, 0.3) is 11.7 Å². The minimum Gasteiger partial charge on any atom is -0.459 e. The Morgan fingerprint density at radius 1 is 1.45 bits per heavy atom. The highest BCUT2D eigenvalue weighted by atomic mass is 16.4. The number of nitrogens with zero attached hydrogens (tertiary/aromatic N) is 3. The molecule has 0 bridgehead atoms. The van der Waals surface area contributed by atoms with Crippen molar-refractivity contribution in [1.29, 1.82) is 0 Å². The quantitative estimate of drug-likeness (QED) is 0.897. The van der Waals surface area contributed by atoms with Crippen molar-refractivity contribution in [3.8, 4) is 11.7 Å². The van der Waals surface area contributed by atoms with Gasteiger partial charge in [0.15, 0.2) is 5.76 Å². The monoisotopic (exact) mass is 276 g/mol. The van der Waals surface area contributed by atoms with E-state index in [0.29, 0.717) is 30.0 Å². The average Bonchev–Trinajstić information content (AvgIpc) is 3.10. The summed E-state index contributed by atoms with van der Waals surface area (Å²) >= 11 is 0. The van der Waals surface area contributed by atoms with Crippen molar-refractivity contribution in [3.05, 3.63) is 24.3 Å². The van der Waals surface area contributed by atoms with Crippen molar-refractivity contribution in [1.82, 2.24) is 20.4 Å². The molecule has 1 saturated heterocycles. The van der Waals surface area contributed by atoms with E-state index < -0.39 is 0 Å². The molecule has 1 aliphatic rings. The van der Waals surface area contributed by atoms with Gasteiger partial charge in [-0.05, 0) is 51.0 Å². The molecule has 1 fully saturated rings. The second kappa shape index (κ2) is 6.19. The summed E-state index contributed by atoms with van der Waals surface area (Å²) in [5.41, 5.74) is 0. The molecule has 20 heavy (non-hydrogen) atoms. The summed E-state index contributed by atoms with van der Waals surface area (Å²) in [7, 11) is 2.09. The number of furan rings is 1. The highest BCUT2D eigenvalue weighted by molar-refractivity contribution is 5.42. The van der Waals surface area contributed by atoms with Gasteiger partial charge in [-0.3, -0.25) is 4.90 Å². The third-order valence-corrected chi connectivity index (χ3v) is 3.57. The van der Waals surface area contributed by atoms with E-state index in [1.165, 1.54) is 12.8 Å². The summed E-state index contributed by atoms with van der Waals surface area (Å²) in [6, 6.07) is 3.62. The van der Waals surface area contributed by atoms with Crippen LogP contribution >= 0.6 is 0 Å². The molecule has 1 N–H and O–H groups in total. The Balaban J connectivity index is 1.54. The lowest BCUT2D eigenvalue weighted by molar-refractivity contribution is 0.221. The van der Waals surface area contributed by atoms with E-state index in [4.69, 9.17) is 8.83 Å². The van der Waals surface area contributed by atoms with Crippen LogP contribution in [0.4, 0.5) is 0 Å². The summed E-state index contributed by atoms with van der Waals surface area (Å²) in [6.07, 6.45) is 4.15. The maximum absolute atomic E-state index is 5.61. The molecule has 1 unspecified atom stereocenters. The van der Waals surface area contributed by atoms with Gasteiger partial charge in [0.1, 0.15) is 0 Å². The molecule has 6 heteroatoms. The number of hydrogen-bond acceptors (Lipinski definition) is 6. The van der Waals surface area contributed by atoms with Gasteiger partial charge in [-0.2, -0.15) is 0 Å². The number of piperidine rings is 1. The minimum absolute atomic E-state index is 0.442. The van der Waals surface area contributed by atoms with Crippen molar-refractivity contribution < 1.29 is 8.83 Å². The number of nitrogens with one attached hydrogen (secondary N) is 1. The zero-order valence-corrected chi connectivity index (χ0v) is 11.7. The Kier molecular flexibility index (Phi) is 4.13. The van der Waals surface area contributed by atoms with Crippen molar-refractivity contribution in [2.45, 2.75) is 19.4 Å². The molecule has 0 aliphatic carbocycles. The van der Waals surface area contributed by atoms with Gasteiger partial charge < -0.3 is 14.2 Å². The van der Waals surface area contributed by atoms with Gasteiger partial charge >= 0.3 is 0 Å². The van der Waals surface area contributed by atoms with Gasteiger partial charge in [-0.15, -0.1) is 10.2 Å². The Morgan fingerprint density at radius 2 is 2.40 bits per heavy atom. The van der Waals surface area contributed by atoms with E-state index in [1.807, 2.05) is 6.07 Å². The summed E-state index contributed by atoms with van der Waals surface area (Å²) in [4.78, 5) is 2.23. The fraction of sp³-hybridized carbons (Fsp3) is 0.571. The van der Waals surface area contributed by atoms with Crippen LogP contribution in [0.15, 0.2) is 27.2 Å². The predicted molar refractivity (Wildman–Crippen MR) is 73.9 cm³/mol. The number of hydrogen-bond donors (Lipinski definition) is 1. The molecule has 0 saturated carbocycles. The smallest absolute Gasteiger partial charge is 0.283 e. The fourth-order valence-corrected chi connectivity index (χ4v) is 2.63. The number of rotatable bonds is 5. The van der Waals surface area contributed by atoms with Crippen LogP contribution in [0.5, 0.6) is 0 Å². The van der Waals surface area contributed by atoms with E-state index in [0.717, 1.165) is 19.6 Å². The lowest BCUT2D eigenvalue weighted by atomic mass is 9.99. The fourth-order valence-electron chi connectivity index (χ4n) is 2.63. The van der Waals surface area contributed by atoms with Crippen LogP contribution in [0.2, 0.25) is 0 Å². The van der Waals surface area contributed by atoms with Crippen molar-refractivity contribution in [3.63, 3.8) is 0 Å². The standard InChI is InChI=1S/C14H20N4O2/c1-18(9-11-4-2-6-15-8-11)10-13-16-17-14(20-13)12-5-3-7-19-12/h3,5,7,11,15H,2,4,6,8-10H2,1H3. The normalized spacial score (nSPS) is 19.6. The van der Waals surface area contributed by atoms with Crippen LogP contribution in [0.3, 0.4) is 0 Å². The molecule has 1 atom stereocenters. The van der Waals surface area contributed by atoms with Crippen LogP contribution in [-0.4, -0.2) is 41.8 Å². The van der Waals surface area contributed by atoms with Crippen molar-refractivity contribution >= 4 is 0 Å². The zero-order valence-electron chi connectivity index (χ0n) is 11.7. The van der Waals surface area contributed by atoms with E-state index in [2.05, 4.69) is 27.5 Å². The Morgan fingerprint density at radius 3 is 3.15 bits per heavy atom. The SMILES string of the molecule is CN(Cc1nnc(-c2ccco2)o1)CC1CCCNC1. The topological polar surface area (TPSA) is 67.3 Å².